The molecular weight excluding hydrogens is 231 g/mol. The predicted molar refractivity (Wildman–Crippen MR) is 56.8 cm³/mol. The van der Waals surface area contributed by atoms with Crippen LogP contribution in [-0.2, 0) is 6.18 Å². The molecule has 17 heavy (non-hydrogen) atoms. The number of aryl methyl sites for hydroxylation is 1. The summed E-state index contributed by atoms with van der Waals surface area (Å²) < 4.78 is 39.3. The molecule has 2 rings (SSSR count). The second-order valence-electron chi connectivity index (χ2n) is 4.27. The highest BCUT2D eigenvalue weighted by Gasteiger charge is 2.34. The summed E-state index contributed by atoms with van der Waals surface area (Å²) in [4.78, 5) is 4.05. The normalized spacial score (nSPS) is 12.6. The van der Waals surface area contributed by atoms with Crippen LogP contribution in [0, 0.1) is 6.92 Å². The van der Waals surface area contributed by atoms with Gasteiger partial charge in [0.1, 0.15) is 5.69 Å². The molecule has 6 heteroatoms. The van der Waals surface area contributed by atoms with Gasteiger partial charge in [-0.1, -0.05) is 13.8 Å². The zero-order valence-electron chi connectivity index (χ0n) is 9.71. The van der Waals surface area contributed by atoms with E-state index in [4.69, 9.17) is 0 Å². The Morgan fingerprint density at radius 1 is 1.24 bits per heavy atom. The first kappa shape index (κ1) is 11.9. The van der Waals surface area contributed by atoms with E-state index in [0.29, 0.717) is 11.4 Å². The summed E-state index contributed by atoms with van der Waals surface area (Å²) >= 11 is 0. The van der Waals surface area contributed by atoms with E-state index >= 15 is 0 Å². The van der Waals surface area contributed by atoms with Crippen LogP contribution in [0.1, 0.15) is 36.8 Å². The van der Waals surface area contributed by atoms with Crippen LogP contribution in [0.5, 0.6) is 0 Å². The van der Waals surface area contributed by atoms with Crippen molar-refractivity contribution in [2.24, 2.45) is 0 Å². The largest absolute Gasteiger partial charge is 0.433 e. The van der Waals surface area contributed by atoms with Gasteiger partial charge >= 0.3 is 6.18 Å². The van der Waals surface area contributed by atoms with Gasteiger partial charge < -0.3 is 0 Å². The average molecular weight is 243 g/mol. The fourth-order valence-electron chi connectivity index (χ4n) is 1.60. The minimum atomic E-state index is -4.42. The van der Waals surface area contributed by atoms with E-state index in [1.54, 1.807) is 6.07 Å². The number of rotatable bonds is 1. The summed E-state index contributed by atoms with van der Waals surface area (Å²) in [5.41, 5.74) is 0.390. The van der Waals surface area contributed by atoms with Gasteiger partial charge in [0.25, 0.3) is 0 Å². The molecule has 92 valence electrons. The van der Waals surface area contributed by atoms with Crippen LogP contribution in [0.15, 0.2) is 12.1 Å². The summed E-state index contributed by atoms with van der Waals surface area (Å²) in [6.45, 7) is 5.29. The molecule has 0 aliphatic carbocycles. The second-order valence-corrected chi connectivity index (χ2v) is 4.27. The van der Waals surface area contributed by atoms with E-state index in [1.165, 1.54) is 6.92 Å². The molecule has 3 nitrogen and oxygen atoms in total. The molecule has 0 radical (unpaired) electrons. The van der Waals surface area contributed by atoms with Gasteiger partial charge in [-0.25, -0.2) is 9.50 Å². The zero-order chi connectivity index (χ0) is 12.8. The van der Waals surface area contributed by atoms with Crippen molar-refractivity contribution < 1.29 is 13.2 Å². The van der Waals surface area contributed by atoms with Crippen molar-refractivity contribution in [1.29, 1.82) is 0 Å². The molecule has 0 unspecified atom stereocenters. The number of halogens is 3. The fraction of sp³-hybridized carbons (Fsp3) is 0.455. The highest BCUT2D eigenvalue weighted by molar-refractivity contribution is 5.42. The Kier molecular flexibility index (Phi) is 2.60. The number of fused-ring (bicyclic) bond motifs is 1. The minimum Gasteiger partial charge on any atom is -0.234 e. The first-order valence-electron chi connectivity index (χ1n) is 5.23. The molecular formula is C11H12F3N3. The summed E-state index contributed by atoms with van der Waals surface area (Å²) in [6, 6.07) is 2.59. The first-order valence-corrected chi connectivity index (χ1v) is 5.23. The van der Waals surface area contributed by atoms with Gasteiger partial charge in [0.15, 0.2) is 5.65 Å². The van der Waals surface area contributed by atoms with Crippen molar-refractivity contribution in [3.8, 4) is 0 Å². The Morgan fingerprint density at radius 2 is 1.88 bits per heavy atom. The van der Waals surface area contributed by atoms with E-state index in [-0.39, 0.29) is 11.6 Å². The lowest BCUT2D eigenvalue weighted by molar-refractivity contribution is -0.142. The maximum absolute atomic E-state index is 12.8. The molecule has 0 aromatic carbocycles. The van der Waals surface area contributed by atoms with E-state index in [0.717, 1.165) is 10.6 Å². The van der Waals surface area contributed by atoms with Crippen LogP contribution in [0.3, 0.4) is 0 Å². The van der Waals surface area contributed by atoms with Crippen molar-refractivity contribution in [3.63, 3.8) is 0 Å². The Hall–Kier alpha value is -1.59. The quantitative estimate of drug-likeness (QED) is 0.770. The van der Waals surface area contributed by atoms with Gasteiger partial charge in [0.2, 0.25) is 0 Å². The van der Waals surface area contributed by atoms with Crippen LogP contribution < -0.4 is 0 Å². The SMILES string of the molecule is Cc1cc(C(F)(F)F)n2nc(C(C)C)cc2n1. The van der Waals surface area contributed by atoms with Crippen molar-refractivity contribution in [1.82, 2.24) is 14.6 Å². The van der Waals surface area contributed by atoms with E-state index in [1.807, 2.05) is 13.8 Å². The minimum absolute atomic E-state index is 0.0677. The number of hydrogen-bond donors (Lipinski definition) is 0. The third kappa shape index (κ3) is 2.11. The lowest BCUT2D eigenvalue weighted by atomic mass is 10.1. The third-order valence-electron chi connectivity index (χ3n) is 2.46. The summed E-state index contributed by atoms with van der Waals surface area (Å²) in [6.07, 6.45) is -4.42. The zero-order valence-corrected chi connectivity index (χ0v) is 9.71. The molecule has 2 aromatic heterocycles. The topological polar surface area (TPSA) is 30.2 Å². The third-order valence-corrected chi connectivity index (χ3v) is 2.46. The fourth-order valence-corrected chi connectivity index (χ4v) is 1.60. The number of nitrogens with zero attached hydrogens (tertiary/aromatic N) is 3. The highest BCUT2D eigenvalue weighted by atomic mass is 19.4. The van der Waals surface area contributed by atoms with E-state index < -0.39 is 11.9 Å². The Balaban J connectivity index is 2.75. The van der Waals surface area contributed by atoms with Gasteiger partial charge in [-0.15, -0.1) is 0 Å². The standard InChI is InChI=1S/C11H12F3N3/c1-6(2)8-5-10-15-7(3)4-9(11(12,13)14)17(10)16-8/h4-6H,1-3H3. The molecule has 0 saturated carbocycles. The van der Waals surface area contributed by atoms with Crippen LogP contribution in [0.2, 0.25) is 0 Å². The molecule has 0 bridgehead atoms. The van der Waals surface area contributed by atoms with Gasteiger partial charge in [-0.3, -0.25) is 0 Å². The molecule has 2 heterocycles. The van der Waals surface area contributed by atoms with Crippen molar-refractivity contribution in [2.75, 3.05) is 0 Å². The van der Waals surface area contributed by atoms with Crippen LogP contribution in [0.4, 0.5) is 13.2 Å². The summed E-state index contributed by atoms with van der Waals surface area (Å²) in [5.74, 6) is 0.0677. The maximum atomic E-state index is 12.8. The van der Waals surface area contributed by atoms with Gasteiger partial charge in [-0.05, 0) is 18.9 Å². The van der Waals surface area contributed by atoms with E-state index in [2.05, 4.69) is 10.1 Å². The summed E-state index contributed by atoms with van der Waals surface area (Å²) in [7, 11) is 0. The lowest BCUT2D eigenvalue weighted by Gasteiger charge is -2.09. The molecule has 0 spiro atoms. The number of alkyl halides is 3. The summed E-state index contributed by atoms with van der Waals surface area (Å²) in [5, 5.41) is 3.95. The van der Waals surface area contributed by atoms with Gasteiger partial charge in [0, 0.05) is 11.8 Å². The molecule has 0 aliphatic heterocycles. The lowest BCUT2D eigenvalue weighted by Crippen LogP contribution is -2.13. The number of aromatic nitrogens is 3. The van der Waals surface area contributed by atoms with Crippen LogP contribution in [0.25, 0.3) is 5.65 Å². The maximum Gasteiger partial charge on any atom is 0.433 e. The van der Waals surface area contributed by atoms with Crippen molar-refractivity contribution in [2.45, 2.75) is 32.9 Å². The molecule has 0 saturated heterocycles. The number of hydrogen-bond acceptors (Lipinski definition) is 2. The van der Waals surface area contributed by atoms with Crippen molar-refractivity contribution in [3.05, 3.63) is 29.2 Å². The Morgan fingerprint density at radius 3 is 2.41 bits per heavy atom. The predicted octanol–water partition coefficient (Wildman–Crippen LogP) is 3.18. The van der Waals surface area contributed by atoms with Gasteiger partial charge in [0.05, 0.1) is 5.69 Å². The first-order chi connectivity index (χ1) is 7.79. The Labute approximate surface area is 96.3 Å². The molecule has 0 aliphatic rings. The molecule has 0 amide bonds. The molecule has 2 aromatic rings. The molecule has 0 atom stereocenters. The van der Waals surface area contributed by atoms with Crippen molar-refractivity contribution >= 4 is 5.65 Å². The molecule has 0 fully saturated rings. The monoisotopic (exact) mass is 243 g/mol. The highest BCUT2D eigenvalue weighted by Crippen LogP contribution is 2.30. The Bertz CT molecular complexity index is 555. The average Bonchev–Trinajstić information content (AvgIpc) is 2.58. The smallest absolute Gasteiger partial charge is 0.234 e. The van der Waals surface area contributed by atoms with Crippen LogP contribution >= 0.6 is 0 Å². The molecule has 0 N–H and O–H groups in total. The van der Waals surface area contributed by atoms with Crippen LogP contribution in [-0.4, -0.2) is 14.6 Å². The van der Waals surface area contributed by atoms with E-state index in [9.17, 15) is 13.2 Å². The van der Waals surface area contributed by atoms with Gasteiger partial charge in [-0.2, -0.15) is 18.3 Å². The second kappa shape index (κ2) is 3.72.